The van der Waals surface area contributed by atoms with Gasteiger partial charge in [-0.15, -0.1) is 0 Å². The Bertz CT molecular complexity index is 792. The Morgan fingerprint density at radius 2 is 1.69 bits per heavy atom. The van der Waals surface area contributed by atoms with Gasteiger partial charge in [0.05, 0.1) is 11.6 Å². The fraction of sp³-hybridized carbons (Fsp3) is 0.300. The van der Waals surface area contributed by atoms with E-state index in [4.69, 9.17) is 0 Å². The smallest absolute Gasteiger partial charge is 0.279 e. The molecule has 1 aliphatic rings. The predicted octanol–water partition coefficient (Wildman–Crippen LogP) is -0.381. The minimum absolute atomic E-state index is 0.0510. The number of nitrogens with one attached hydrogen (secondary N) is 3. The molecule has 1 fully saturated rings. The molecule has 2 aromatic rings. The summed E-state index contributed by atoms with van der Waals surface area (Å²) in [6.45, 7) is 5.04. The van der Waals surface area contributed by atoms with Crippen LogP contribution in [0.5, 0.6) is 0 Å². The van der Waals surface area contributed by atoms with Crippen LogP contribution in [0.15, 0.2) is 48.5 Å². The van der Waals surface area contributed by atoms with Crippen LogP contribution in [0.3, 0.4) is 0 Å². The van der Waals surface area contributed by atoms with Gasteiger partial charge in [-0.05, 0) is 30.3 Å². The largest absolute Gasteiger partial charge is 0.322 e. The van der Waals surface area contributed by atoms with Crippen molar-refractivity contribution in [2.75, 3.05) is 38.0 Å². The lowest BCUT2D eigenvalue weighted by molar-refractivity contribution is -1.02. The Morgan fingerprint density at radius 1 is 1.04 bits per heavy atom. The Morgan fingerprint density at radius 3 is 2.38 bits per heavy atom. The van der Waals surface area contributed by atoms with E-state index >= 15 is 0 Å². The molecule has 3 rings (SSSR count). The summed E-state index contributed by atoms with van der Waals surface area (Å²) in [5.41, 5.74) is 2.45. The number of rotatable bonds is 5. The number of hydrogen-bond acceptors (Lipinski definition) is 2. The van der Waals surface area contributed by atoms with E-state index in [1.165, 1.54) is 21.9 Å². The molecule has 134 valence electrons. The summed E-state index contributed by atoms with van der Waals surface area (Å²) in [4.78, 5) is 14.8. The summed E-state index contributed by atoms with van der Waals surface area (Å²) in [5, 5.41) is 12.0. The zero-order chi connectivity index (χ0) is 18.4. The normalized spacial score (nSPS) is 19.5. The molecule has 1 heterocycles. The van der Waals surface area contributed by atoms with Crippen molar-refractivity contribution in [2.45, 2.75) is 6.54 Å². The van der Waals surface area contributed by atoms with Crippen molar-refractivity contribution in [1.29, 1.82) is 5.26 Å². The molecule has 2 aromatic carbocycles. The van der Waals surface area contributed by atoms with Gasteiger partial charge in [0.1, 0.15) is 38.5 Å². The molecule has 1 aliphatic heterocycles. The standard InChI is InChI=1S/C20H21FN4O/c21-18-5-7-19(8-6-18)23-20(26)15-25-11-9-24(10-12-25)14-17-4-2-1-3-16(17)13-22/h1-8H,9-12,14-15H2,(H,23,26)/p+2. The van der Waals surface area contributed by atoms with Gasteiger partial charge < -0.3 is 15.1 Å². The molecule has 5 nitrogen and oxygen atoms in total. The van der Waals surface area contributed by atoms with Gasteiger partial charge in [0.15, 0.2) is 6.54 Å². The highest BCUT2D eigenvalue weighted by atomic mass is 19.1. The Hall–Kier alpha value is -2.75. The number of anilines is 1. The molecule has 6 heteroatoms. The van der Waals surface area contributed by atoms with Crippen molar-refractivity contribution in [3.63, 3.8) is 0 Å². The molecule has 1 saturated heterocycles. The Labute approximate surface area is 152 Å². The maximum absolute atomic E-state index is 12.9. The van der Waals surface area contributed by atoms with Crippen LogP contribution < -0.4 is 15.1 Å². The average molecular weight is 354 g/mol. The maximum Gasteiger partial charge on any atom is 0.279 e. The van der Waals surface area contributed by atoms with Gasteiger partial charge in [-0.2, -0.15) is 5.26 Å². The van der Waals surface area contributed by atoms with E-state index in [0.717, 1.165) is 43.9 Å². The van der Waals surface area contributed by atoms with Crippen LogP contribution in [0.2, 0.25) is 0 Å². The number of carbonyl (C=O) groups excluding carboxylic acids is 1. The minimum Gasteiger partial charge on any atom is -0.322 e. The first kappa shape index (κ1) is 18.1. The summed E-state index contributed by atoms with van der Waals surface area (Å²) in [6, 6.07) is 15.8. The zero-order valence-corrected chi connectivity index (χ0v) is 14.6. The van der Waals surface area contributed by atoms with Crippen LogP contribution in [0.4, 0.5) is 10.1 Å². The van der Waals surface area contributed by atoms with Gasteiger partial charge in [-0.1, -0.05) is 18.2 Å². The van der Waals surface area contributed by atoms with E-state index in [9.17, 15) is 14.4 Å². The Balaban J connectivity index is 1.45. The van der Waals surface area contributed by atoms with Crippen molar-refractivity contribution in [1.82, 2.24) is 0 Å². The minimum atomic E-state index is -0.314. The van der Waals surface area contributed by atoms with Gasteiger partial charge in [0.2, 0.25) is 0 Å². The SMILES string of the molecule is N#Cc1ccccc1C[NH+]1CC[NH+](CC(=O)Nc2ccc(F)cc2)CC1. The second kappa shape index (κ2) is 8.56. The molecule has 0 bridgehead atoms. The Kier molecular flexibility index (Phi) is 5.95. The molecule has 0 aliphatic carbocycles. The molecule has 1 amide bonds. The number of halogens is 1. The molecule has 0 unspecified atom stereocenters. The lowest BCUT2D eigenvalue weighted by Crippen LogP contribution is -3.28. The number of benzene rings is 2. The number of carbonyl (C=O) groups is 1. The van der Waals surface area contributed by atoms with Crippen molar-refractivity contribution in [3.05, 3.63) is 65.5 Å². The van der Waals surface area contributed by atoms with Crippen molar-refractivity contribution in [3.8, 4) is 6.07 Å². The number of hydrogen-bond donors (Lipinski definition) is 3. The molecule has 26 heavy (non-hydrogen) atoms. The van der Waals surface area contributed by atoms with E-state index in [0.29, 0.717) is 12.2 Å². The summed E-state index contributed by atoms with van der Waals surface area (Å²) >= 11 is 0. The van der Waals surface area contributed by atoms with Crippen molar-refractivity contribution >= 4 is 11.6 Å². The van der Waals surface area contributed by atoms with Crippen molar-refractivity contribution < 1.29 is 19.0 Å². The number of amides is 1. The monoisotopic (exact) mass is 354 g/mol. The van der Waals surface area contributed by atoms with Crippen LogP contribution in [0.25, 0.3) is 0 Å². The van der Waals surface area contributed by atoms with Crippen LogP contribution >= 0.6 is 0 Å². The van der Waals surface area contributed by atoms with E-state index in [1.54, 1.807) is 12.1 Å². The lowest BCUT2D eigenvalue weighted by Gasteiger charge is -2.29. The highest BCUT2D eigenvalue weighted by molar-refractivity contribution is 5.91. The van der Waals surface area contributed by atoms with Crippen LogP contribution in [-0.4, -0.2) is 38.6 Å². The summed E-state index contributed by atoms with van der Waals surface area (Å²) in [5.74, 6) is -0.365. The first-order valence-corrected chi connectivity index (χ1v) is 8.84. The summed E-state index contributed by atoms with van der Waals surface area (Å²) in [6.07, 6.45) is 0. The van der Waals surface area contributed by atoms with Crippen LogP contribution in [-0.2, 0) is 11.3 Å². The summed E-state index contributed by atoms with van der Waals surface area (Å²) < 4.78 is 12.9. The van der Waals surface area contributed by atoms with Gasteiger partial charge >= 0.3 is 0 Å². The molecule has 0 atom stereocenters. The van der Waals surface area contributed by atoms with Gasteiger partial charge in [0.25, 0.3) is 5.91 Å². The number of piperazine rings is 1. The molecule has 0 aromatic heterocycles. The van der Waals surface area contributed by atoms with Gasteiger partial charge in [-0.3, -0.25) is 4.79 Å². The summed E-state index contributed by atoms with van der Waals surface area (Å²) in [7, 11) is 0. The topological polar surface area (TPSA) is 61.8 Å². The lowest BCUT2D eigenvalue weighted by atomic mass is 10.1. The molecular formula is C20H23FN4O+2. The zero-order valence-electron chi connectivity index (χ0n) is 14.6. The fourth-order valence-electron chi connectivity index (χ4n) is 3.33. The molecule has 0 saturated carbocycles. The first-order chi connectivity index (χ1) is 12.6. The molecular weight excluding hydrogens is 331 g/mol. The van der Waals surface area contributed by atoms with E-state index in [2.05, 4.69) is 11.4 Å². The fourth-order valence-corrected chi connectivity index (χ4v) is 3.33. The van der Waals surface area contributed by atoms with E-state index < -0.39 is 0 Å². The maximum atomic E-state index is 12.9. The quantitative estimate of drug-likeness (QED) is 0.686. The first-order valence-electron chi connectivity index (χ1n) is 8.84. The highest BCUT2D eigenvalue weighted by Crippen LogP contribution is 2.07. The third-order valence-electron chi connectivity index (χ3n) is 4.78. The molecule has 0 spiro atoms. The van der Waals surface area contributed by atoms with Gasteiger partial charge in [0, 0.05) is 11.3 Å². The molecule has 0 radical (unpaired) electrons. The molecule has 3 N–H and O–H groups in total. The van der Waals surface area contributed by atoms with Gasteiger partial charge in [-0.25, -0.2) is 4.39 Å². The average Bonchev–Trinajstić information content (AvgIpc) is 2.65. The van der Waals surface area contributed by atoms with Crippen LogP contribution in [0.1, 0.15) is 11.1 Å². The third kappa shape index (κ3) is 4.88. The third-order valence-corrected chi connectivity index (χ3v) is 4.78. The second-order valence-corrected chi connectivity index (χ2v) is 6.68. The second-order valence-electron chi connectivity index (χ2n) is 6.68. The predicted molar refractivity (Wildman–Crippen MR) is 96.2 cm³/mol. The van der Waals surface area contributed by atoms with Crippen LogP contribution in [0, 0.1) is 17.1 Å². The number of nitriles is 1. The van der Waals surface area contributed by atoms with Crippen molar-refractivity contribution in [2.24, 2.45) is 0 Å². The highest BCUT2D eigenvalue weighted by Gasteiger charge is 2.25. The number of nitrogens with zero attached hydrogens (tertiary/aromatic N) is 1. The van der Waals surface area contributed by atoms with E-state index in [-0.39, 0.29) is 11.7 Å². The number of quaternary nitrogens is 2. The van der Waals surface area contributed by atoms with E-state index in [1.807, 2.05) is 24.3 Å².